The van der Waals surface area contributed by atoms with Crippen molar-refractivity contribution in [1.29, 1.82) is 0 Å². The van der Waals surface area contributed by atoms with Gasteiger partial charge in [-0.05, 0) is 19.1 Å². The molecule has 1 aromatic heterocycles. The van der Waals surface area contributed by atoms with Crippen molar-refractivity contribution in [3.63, 3.8) is 0 Å². The van der Waals surface area contributed by atoms with Crippen LogP contribution in [0.3, 0.4) is 0 Å². The van der Waals surface area contributed by atoms with Gasteiger partial charge in [0.05, 0.1) is 29.1 Å². The zero-order chi connectivity index (χ0) is 16.6. The smallest absolute Gasteiger partial charge is 0.358 e. The highest BCUT2D eigenvalue weighted by molar-refractivity contribution is 6.35. The summed E-state index contributed by atoms with van der Waals surface area (Å²) in [5.74, 6) is -2.70. The van der Waals surface area contributed by atoms with Gasteiger partial charge in [-0.15, -0.1) is 0 Å². The highest BCUT2D eigenvalue weighted by Crippen LogP contribution is 2.34. The predicted octanol–water partition coefficient (Wildman–Crippen LogP) is 4.01. The lowest BCUT2D eigenvalue weighted by atomic mass is 10.1. The fraction of sp³-hybridized carbons (Fsp3) is 0.143. The van der Waals surface area contributed by atoms with Crippen LogP contribution in [0.2, 0.25) is 10.0 Å². The number of nitrogens with two attached hydrogens (primary N) is 1. The Kier molecular flexibility index (Phi) is 4.53. The van der Waals surface area contributed by atoms with Crippen LogP contribution >= 0.6 is 23.2 Å². The molecule has 0 saturated heterocycles. The first-order valence-corrected chi connectivity index (χ1v) is 6.72. The number of hydrogen-bond acceptors (Lipinski definition) is 4. The van der Waals surface area contributed by atoms with Crippen LogP contribution in [0.1, 0.15) is 16.1 Å². The molecule has 0 aliphatic heterocycles. The number of rotatable bonds is 2. The van der Waals surface area contributed by atoms with Gasteiger partial charge in [0, 0.05) is 10.6 Å². The highest BCUT2D eigenvalue weighted by Gasteiger charge is 2.22. The van der Waals surface area contributed by atoms with Crippen LogP contribution in [-0.2, 0) is 4.74 Å². The highest BCUT2D eigenvalue weighted by atomic mass is 35.5. The van der Waals surface area contributed by atoms with Gasteiger partial charge < -0.3 is 10.5 Å². The molecule has 0 unspecified atom stereocenters. The Morgan fingerprint density at radius 2 is 1.95 bits per heavy atom. The lowest BCUT2D eigenvalue weighted by Gasteiger charge is -2.12. The topological polar surface area (TPSA) is 65.2 Å². The number of methoxy groups -OCH3 is 1. The fourth-order valence-electron chi connectivity index (χ4n) is 1.83. The van der Waals surface area contributed by atoms with Gasteiger partial charge in [0.2, 0.25) is 0 Å². The van der Waals surface area contributed by atoms with Gasteiger partial charge in [-0.1, -0.05) is 23.2 Å². The zero-order valence-corrected chi connectivity index (χ0v) is 13.0. The number of benzene rings is 1. The van der Waals surface area contributed by atoms with E-state index in [1.807, 2.05) is 0 Å². The molecule has 22 heavy (non-hydrogen) atoms. The minimum atomic E-state index is -0.932. The summed E-state index contributed by atoms with van der Waals surface area (Å²) >= 11 is 11.6. The molecule has 2 aromatic rings. The lowest BCUT2D eigenvalue weighted by molar-refractivity contribution is 0.0594. The largest absolute Gasteiger partial charge is 0.464 e. The Morgan fingerprint density at radius 1 is 1.32 bits per heavy atom. The van der Waals surface area contributed by atoms with Crippen LogP contribution in [-0.4, -0.2) is 18.1 Å². The first-order valence-electron chi connectivity index (χ1n) is 5.96. The van der Waals surface area contributed by atoms with E-state index in [4.69, 9.17) is 28.9 Å². The number of carbonyl (C=O) groups is 1. The normalized spacial score (nSPS) is 10.6. The van der Waals surface area contributed by atoms with E-state index in [2.05, 4.69) is 9.72 Å². The monoisotopic (exact) mass is 346 g/mol. The van der Waals surface area contributed by atoms with Crippen LogP contribution in [0.5, 0.6) is 0 Å². The summed E-state index contributed by atoms with van der Waals surface area (Å²) in [6, 6.07) is 2.13. The number of nitrogens with zero attached hydrogens (tertiary/aromatic N) is 1. The van der Waals surface area contributed by atoms with Crippen LogP contribution in [0.4, 0.5) is 14.5 Å². The third-order valence-corrected chi connectivity index (χ3v) is 3.81. The Morgan fingerprint density at radius 3 is 2.55 bits per heavy atom. The standard InChI is InChI=1S/C14H10Cl2F2N2O2/c1-5-6(15)3-7(17)10(12(5)18)9-4-8(19)11(16)13(20-9)14(21)22-2/h3-4H,1-2H3,(H2,19,20). The van der Waals surface area contributed by atoms with Crippen molar-refractivity contribution in [2.45, 2.75) is 6.92 Å². The Balaban J connectivity index is 2.77. The summed E-state index contributed by atoms with van der Waals surface area (Å²) in [6.07, 6.45) is 0. The molecule has 0 aliphatic rings. The summed E-state index contributed by atoms with van der Waals surface area (Å²) < 4.78 is 32.9. The van der Waals surface area contributed by atoms with Crippen molar-refractivity contribution in [2.24, 2.45) is 0 Å². The molecule has 0 fully saturated rings. The molecular formula is C14H10Cl2F2N2O2. The molecule has 4 nitrogen and oxygen atoms in total. The van der Waals surface area contributed by atoms with Gasteiger partial charge >= 0.3 is 5.97 Å². The number of nitrogen functional groups attached to an aromatic ring is 1. The maximum absolute atomic E-state index is 14.3. The number of carbonyl (C=O) groups excluding carboxylic acids is 1. The van der Waals surface area contributed by atoms with Crippen molar-refractivity contribution < 1.29 is 18.3 Å². The number of ether oxygens (including phenoxy) is 1. The minimum absolute atomic E-state index is 0.0491. The summed E-state index contributed by atoms with van der Waals surface area (Å²) in [5, 5.41) is -0.212. The van der Waals surface area contributed by atoms with Crippen molar-refractivity contribution >= 4 is 34.9 Å². The molecule has 2 N–H and O–H groups in total. The molecule has 2 rings (SSSR count). The van der Waals surface area contributed by atoms with Gasteiger partial charge in [-0.3, -0.25) is 0 Å². The third-order valence-electron chi connectivity index (χ3n) is 3.02. The average molecular weight is 347 g/mol. The molecule has 0 spiro atoms. The van der Waals surface area contributed by atoms with E-state index in [9.17, 15) is 13.6 Å². The van der Waals surface area contributed by atoms with E-state index in [0.717, 1.165) is 13.2 Å². The molecule has 116 valence electrons. The van der Waals surface area contributed by atoms with Crippen LogP contribution in [0.25, 0.3) is 11.3 Å². The van der Waals surface area contributed by atoms with Crippen molar-refractivity contribution in [2.75, 3.05) is 12.8 Å². The van der Waals surface area contributed by atoms with E-state index in [1.165, 1.54) is 13.0 Å². The summed E-state index contributed by atoms with van der Waals surface area (Å²) in [7, 11) is 1.12. The molecule has 8 heteroatoms. The van der Waals surface area contributed by atoms with Gasteiger partial charge in [0.15, 0.2) is 5.69 Å². The second-order valence-electron chi connectivity index (χ2n) is 4.41. The molecule has 0 aliphatic carbocycles. The van der Waals surface area contributed by atoms with Gasteiger partial charge in [0.25, 0.3) is 0 Å². The first kappa shape index (κ1) is 16.5. The van der Waals surface area contributed by atoms with E-state index >= 15 is 0 Å². The Hall–Kier alpha value is -1.92. The second-order valence-corrected chi connectivity index (χ2v) is 5.19. The number of esters is 1. The fourth-order valence-corrected chi connectivity index (χ4v) is 2.19. The van der Waals surface area contributed by atoms with E-state index < -0.39 is 23.2 Å². The van der Waals surface area contributed by atoms with Crippen LogP contribution in [0.15, 0.2) is 12.1 Å². The molecule has 1 aromatic carbocycles. The molecule has 0 radical (unpaired) electrons. The molecule has 1 heterocycles. The van der Waals surface area contributed by atoms with Crippen molar-refractivity contribution in [3.05, 3.63) is 45.1 Å². The predicted molar refractivity (Wildman–Crippen MR) is 80.1 cm³/mol. The maximum Gasteiger partial charge on any atom is 0.358 e. The molecule has 0 amide bonds. The Labute approximate surface area is 134 Å². The number of halogens is 4. The second kappa shape index (κ2) is 6.06. The van der Waals surface area contributed by atoms with Crippen LogP contribution in [0, 0.1) is 18.6 Å². The summed E-state index contributed by atoms with van der Waals surface area (Å²) in [6.45, 7) is 1.39. The SMILES string of the molecule is COC(=O)c1nc(-c2c(F)cc(Cl)c(C)c2F)cc(N)c1Cl. The van der Waals surface area contributed by atoms with E-state index in [-0.39, 0.29) is 32.7 Å². The van der Waals surface area contributed by atoms with Crippen molar-refractivity contribution in [3.8, 4) is 11.3 Å². The molecule has 0 atom stereocenters. The molecule has 0 saturated carbocycles. The van der Waals surface area contributed by atoms with Crippen molar-refractivity contribution in [1.82, 2.24) is 4.98 Å². The molecular weight excluding hydrogens is 337 g/mol. The summed E-state index contributed by atoms with van der Waals surface area (Å²) in [4.78, 5) is 15.5. The van der Waals surface area contributed by atoms with Crippen LogP contribution < -0.4 is 5.73 Å². The summed E-state index contributed by atoms with van der Waals surface area (Å²) in [5.41, 5.74) is 4.70. The van der Waals surface area contributed by atoms with E-state index in [1.54, 1.807) is 0 Å². The van der Waals surface area contributed by atoms with E-state index in [0.29, 0.717) is 0 Å². The quantitative estimate of drug-likeness (QED) is 0.834. The number of aromatic nitrogens is 1. The maximum atomic E-state index is 14.3. The third kappa shape index (κ3) is 2.71. The number of hydrogen-bond donors (Lipinski definition) is 1. The Bertz CT molecular complexity index is 782. The molecule has 0 bridgehead atoms. The number of pyridine rings is 1. The lowest BCUT2D eigenvalue weighted by Crippen LogP contribution is -2.09. The number of anilines is 1. The van der Waals surface area contributed by atoms with Gasteiger partial charge in [-0.25, -0.2) is 18.6 Å². The van der Waals surface area contributed by atoms with Gasteiger partial charge in [0.1, 0.15) is 11.6 Å². The minimum Gasteiger partial charge on any atom is -0.464 e. The first-order chi connectivity index (χ1) is 10.3. The zero-order valence-electron chi connectivity index (χ0n) is 11.5. The van der Waals surface area contributed by atoms with Gasteiger partial charge in [-0.2, -0.15) is 0 Å². The average Bonchev–Trinajstić information content (AvgIpc) is 2.47.